The number of Topliss-reactive ketones (excluding diaryl/α,β-unsaturated/α-hetero) is 1. The minimum Gasteiger partial charge on any atom is -0.508 e. The fraction of sp³-hybridized carbons (Fsp3) is 0.609. The van der Waals surface area contributed by atoms with Crippen LogP contribution in [-0.4, -0.2) is 47.5 Å². The summed E-state index contributed by atoms with van der Waals surface area (Å²) in [4.78, 5) is 38.3. The van der Waals surface area contributed by atoms with Gasteiger partial charge in [0.05, 0.1) is 6.10 Å². The maximum Gasteiger partial charge on any atom is 0.252 e. The number of ketones is 1. The molecule has 30 heavy (non-hydrogen) atoms. The lowest BCUT2D eigenvalue weighted by molar-refractivity contribution is -0.128. The molecule has 164 valence electrons. The van der Waals surface area contributed by atoms with E-state index in [4.69, 9.17) is 4.74 Å². The number of rotatable bonds is 7. The van der Waals surface area contributed by atoms with E-state index in [-0.39, 0.29) is 41.5 Å². The van der Waals surface area contributed by atoms with E-state index in [1.54, 1.807) is 13.0 Å². The third-order valence-corrected chi connectivity index (χ3v) is 6.44. The van der Waals surface area contributed by atoms with Crippen LogP contribution in [0.4, 0.5) is 0 Å². The van der Waals surface area contributed by atoms with Gasteiger partial charge in [-0.25, -0.2) is 0 Å². The van der Waals surface area contributed by atoms with Crippen LogP contribution in [0.3, 0.4) is 0 Å². The molecule has 1 aliphatic carbocycles. The molecule has 2 aliphatic rings. The van der Waals surface area contributed by atoms with Crippen LogP contribution in [0.25, 0.3) is 0 Å². The highest BCUT2D eigenvalue weighted by atomic mass is 16.5. The van der Waals surface area contributed by atoms with Crippen molar-refractivity contribution in [1.82, 2.24) is 10.6 Å². The van der Waals surface area contributed by atoms with E-state index in [0.717, 1.165) is 25.7 Å². The van der Waals surface area contributed by atoms with Gasteiger partial charge in [-0.15, -0.1) is 0 Å². The molecule has 0 unspecified atom stereocenters. The minimum atomic E-state index is -0.750. The number of aromatic hydroxyl groups is 1. The molecule has 0 radical (unpaired) electrons. The fourth-order valence-electron chi connectivity index (χ4n) is 4.64. The summed E-state index contributed by atoms with van der Waals surface area (Å²) in [6, 6.07) is 3.10. The van der Waals surface area contributed by atoms with Crippen molar-refractivity contribution in [3.8, 4) is 5.75 Å². The smallest absolute Gasteiger partial charge is 0.252 e. The molecular formula is C23H32N2O5. The van der Waals surface area contributed by atoms with E-state index in [2.05, 4.69) is 17.6 Å². The second-order valence-electron chi connectivity index (χ2n) is 8.96. The Balaban J connectivity index is 1.78. The standard InChI is InChI=1S/C23H32N2O5/c1-4-19-20(18(27)13-30-19)25-22(29)17(12-23(3)9-5-6-10-23)24-21(28)16-8-7-15(26)11-14(16)2/h7-8,11,17,19-20,26H,4-6,9-10,12-13H2,1-3H3,(H,24,28)(H,25,29)/t17-,19-,20+/m0/s1. The van der Waals surface area contributed by atoms with Gasteiger partial charge < -0.3 is 20.5 Å². The quantitative estimate of drug-likeness (QED) is 0.634. The average Bonchev–Trinajstić information content (AvgIpc) is 3.27. The lowest BCUT2D eigenvalue weighted by Gasteiger charge is -2.30. The van der Waals surface area contributed by atoms with Gasteiger partial charge in [0.15, 0.2) is 5.78 Å². The molecule has 7 heteroatoms. The molecule has 1 aliphatic heterocycles. The van der Waals surface area contributed by atoms with Gasteiger partial charge in [-0.1, -0.05) is 26.7 Å². The molecule has 3 atom stereocenters. The van der Waals surface area contributed by atoms with Crippen molar-refractivity contribution in [2.45, 2.75) is 77.5 Å². The molecule has 1 aromatic rings. The average molecular weight is 417 g/mol. The highest BCUT2D eigenvalue weighted by Gasteiger charge is 2.40. The van der Waals surface area contributed by atoms with Crippen LogP contribution in [0.15, 0.2) is 18.2 Å². The van der Waals surface area contributed by atoms with Crippen molar-refractivity contribution in [3.05, 3.63) is 29.3 Å². The van der Waals surface area contributed by atoms with Crippen molar-refractivity contribution in [2.24, 2.45) is 5.41 Å². The van der Waals surface area contributed by atoms with Gasteiger partial charge in [-0.2, -0.15) is 0 Å². The molecule has 1 saturated carbocycles. The van der Waals surface area contributed by atoms with Crippen molar-refractivity contribution >= 4 is 17.6 Å². The van der Waals surface area contributed by atoms with Crippen LogP contribution >= 0.6 is 0 Å². The summed E-state index contributed by atoms with van der Waals surface area (Å²) < 4.78 is 5.46. The Morgan fingerprint density at radius 2 is 2.00 bits per heavy atom. The van der Waals surface area contributed by atoms with Gasteiger partial charge in [0.1, 0.15) is 24.4 Å². The Hall–Kier alpha value is -2.41. The summed E-state index contributed by atoms with van der Waals surface area (Å²) in [7, 11) is 0. The Morgan fingerprint density at radius 1 is 1.30 bits per heavy atom. The second-order valence-corrected chi connectivity index (χ2v) is 8.96. The van der Waals surface area contributed by atoms with E-state index < -0.39 is 12.1 Å². The molecule has 1 heterocycles. The predicted molar refractivity (Wildman–Crippen MR) is 112 cm³/mol. The Morgan fingerprint density at radius 3 is 2.63 bits per heavy atom. The summed E-state index contributed by atoms with van der Waals surface area (Å²) in [6.07, 6.45) is 5.05. The topological polar surface area (TPSA) is 105 Å². The van der Waals surface area contributed by atoms with Crippen molar-refractivity contribution in [2.75, 3.05) is 6.61 Å². The number of aryl methyl sites for hydroxylation is 1. The van der Waals surface area contributed by atoms with Crippen LogP contribution in [0.5, 0.6) is 5.75 Å². The van der Waals surface area contributed by atoms with E-state index >= 15 is 0 Å². The van der Waals surface area contributed by atoms with Gasteiger partial charge in [0.2, 0.25) is 5.91 Å². The summed E-state index contributed by atoms with van der Waals surface area (Å²) >= 11 is 0. The molecule has 0 spiro atoms. The van der Waals surface area contributed by atoms with Crippen LogP contribution in [0, 0.1) is 12.3 Å². The lowest BCUT2D eigenvalue weighted by Crippen LogP contribution is -2.54. The summed E-state index contributed by atoms with van der Waals surface area (Å²) in [6.45, 7) is 5.80. The second kappa shape index (κ2) is 9.16. The van der Waals surface area contributed by atoms with Crippen molar-refractivity contribution in [3.63, 3.8) is 0 Å². The van der Waals surface area contributed by atoms with Gasteiger partial charge in [-0.05, 0) is 61.8 Å². The predicted octanol–water partition coefficient (Wildman–Crippen LogP) is 2.63. The minimum absolute atomic E-state index is 0.00486. The van der Waals surface area contributed by atoms with Gasteiger partial charge in [0, 0.05) is 5.56 Å². The van der Waals surface area contributed by atoms with Crippen LogP contribution in [-0.2, 0) is 14.3 Å². The number of carbonyl (C=O) groups excluding carboxylic acids is 3. The first-order valence-corrected chi connectivity index (χ1v) is 10.8. The number of amides is 2. The molecular weight excluding hydrogens is 384 g/mol. The number of carbonyl (C=O) groups is 3. The maximum absolute atomic E-state index is 13.2. The van der Waals surface area contributed by atoms with Gasteiger partial charge >= 0.3 is 0 Å². The van der Waals surface area contributed by atoms with E-state index in [9.17, 15) is 19.5 Å². The molecule has 1 saturated heterocycles. The Labute approximate surface area is 177 Å². The third-order valence-electron chi connectivity index (χ3n) is 6.44. The first-order chi connectivity index (χ1) is 14.2. The van der Waals surface area contributed by atoms with Crippen LogP contribution < -0.4 is 10.6 Å². The monoisotopic (exact) mass is 416 g/mol. The Bertz CT molecular complexity index is 816. The zero-order valence-corrected chi connectivity index (χ0v) is 18.0. The van der Waals surface area contributed by atoms with Crippen LogP contribution in [0.1, 0.15) is 68.3 Å². The first kappa shape index (κ1) is 22.3. The number of phenols is 1. The highest BCUT2D eigenvalue weighted by molar-refractivity contribution is 5.99. The zero-order valence-electron chi connectivity index (χ0n) is 18.0. The molecule has 1 aromatic carbocycles. The molecule has 0 bridgehead atoms. The highest BCUT2D eigenvalue weighted by Crippen LogP contribution is 2.41. The Kier molecular flexibility index (Phi) is 6.81. The van der Waals surface area contributed by atoms with Crippen LogP contribution in [0.2, 0.25) is 0 Å². The normalized spacial score (nSPS) is 23.9. The largest absolute Gasteiger partial charge is 0.508 e. The van der Waals surface area contributed by atoms with Gasteiger partial charge in [0.25, 0.3) is 5.91 Å². The number of phenolic OH excluding ortho intramolecular Hbond substituents is 1. The fourth-order valence-corrected chi connectivity index (χ4v) is 4.64. The molecule has 2 amide bonds. The number of ether oxygens (including phenoxy) is 1. The molecule has 7 nitrogen and oxygen atoms in total. The first-order valence-electron chi connectivity index (χ1n) is 10.8. The van der Waals surface area contributed by atoms with Gasteiger partial charge in [-0.3, -0.25) is 14.4 Å². The van der Waals surface area contributed by atoms with E-state index in [0.29, 0.717) is 24.0 Å². The number of nitrogens with one attached hydrogen (secondary N) is 2. The number of hydrogen-bond donors (Lipinski definition) is 3. The van der Waals surface area contributed by atoms with E-state index in [1.165, 1.54) is 12.1 Å². The summed E-state index contributed by atoms with van der Waals surface area (Å²) in [5.41, 5.74) is 1.01. The summed E-state index contributed by atoms with van der Waals surface area (Å²) in [5.74, 6) is -0.769. The summed E-state index contributed by atoms with van der Waals surface area (Å²) in [5, 5.41) is 15.3. The lowest BCUT2D eigenvalue weighted by atomic mass is 9.81. The molecule has 2 fully saturated rings. The third kappa shape index (κ3) is 5.01. The number of hydrogen-bond acceptors (Lipinski definition) is 5. The van der Waals surface area contributed by atoms with Crippen molar-refractivity contribution < 1.29 is 24.2 Å². The molecule has 3 rings (SSSR count). The SMILES string of the molecule is CC[C@@H]1OCC(=O)[C@H]1NC(=O)[C@H](CC1(C)CCCC1)NC(=O)c1ccc(O)cc1C. The molecule has 0 aromatic heterocycles. The number of benzene rings is 1. The van der Waals surface area contributed by atoms with Crippen molar-refractivity contribution in [1.29, 1.82) is 0 Å². The van der Waals surface area contributed by atoms with E-state index in [1.807, 2.05) is 6.92 Å². The zero-order chi connectivity index (χ0) is 21.9. The maximum atomic E-state index is 13.2. The molecule has 3 N–H and O–H groups in total.